The Hall–Kier alpha value is -1.28. The number of alkyl halides is 17. The van der Waals surface area contributed by atoms with Crippen LogP contribution in [0.2, 0.25) is 0 Å². The zero-order valence-electron chi connectivity index (χ0n) is 16.7. The highest BCUT2D eigenvalue weighted by Gasteiger charge is 2.96. The maximum Gasteiger partial charge on any atom is 0.460 e. The average molecular weight is 594 g/mol. The summed E-state index contributed by atoms with van der Waals surface area (Å²) in [6.45, 7) is 0. The van der Waals surface area contributed by atoms with E-state index in [2.05, 4.69) is 4.18 Å². The Morgan fingerprint density at radius 3 is 1.19 bits per heavy atom. The van der Waals surface area contributed by atoms with Crippen LogP contribution in [0.3, 0.4) is 0 Å². The van der Waals surface area contributed by atoms with Crippen molar-refractivity contribution in [1.29, 1.82) is 0 Å². The maximum atomic E-state index is 14.0. The first-order chi connectivity index (χ1) is 15.5. The van der Waals surface area contributed by atoms with Gasteiger partial charge >= 0.3 is 57.1 Å². The van der Waals surface area contributed by atoms with Gasteiger partial charge in [0.2, 0.25) is 0 Å². The Labute approximate surface area is 189 Å². The van der Waals surface area contributed by atoms with Crippen LogP contribution in [0.15, 0.2) is 0 Å². The van der Waals surface area contributed by atoms with Gasteiger partial charge in [-0.2, -0.15) is 83.1 Å². The van der Waals surface area contributed by atoms with Gasteiger partial charge in [-0.15, -0.1) is 0 Å². The van der Waals surface area contributed by atoms with E-state index < -0.39 is 87.9 Å². The van der Waals surface area contributed by atoms with E-state index in [1.807, 2.05) is 0 Å². The van der Waals surface area contributed by atoms with Gasteiger partial charge < -0.3 is 0 Å². The normalized spacial score (nSPS) is 25.5. The molecule has 2 aliphatic rings. The lowest BCUT2D eigenvalue weighted by Crippen LogP contribution is -2.75. The van der Waals surface area contributed by atoms with Crippen molar-refractivity contribution in [2.75, 3.05) is 0 Å². The van der Waals surface area contributed by atoms with E-state index in [-0.39, 0.29) is 12.8 Å². The van der Waals surface area contributed by atoms with E-state index in [1.54, 1.807) is 0 Å². The third kappa shape index (κ3) is 3.75. The smallest absolute Gasteiger partial charge is 0.259 e. The number of hydrogen-bond acceptors (Lipinski definition) is 3. The van der Waals surface area contributed by atoms with Crippen molar-refractivity contribution in [3.63, 3.8) is 0 Å². The highest BCUT2D eigenvalue weighted by atomic mass is 32.2. The van der Waals surface area contributed by atoms with Gasteiger partial charge in [0.1, 0.15) is 0 Å². The molecule has 214 valence electrons. The highest BCUT2D eigenvalue weighted by molar-refractivity contribution is 7.87. The molecule has 36 heavy (non-hydrogen) atoms. The van der Waals surface area contributed by atoms with Gasteiger partial charge in [0.25, 0.3) is 0 Å². The first kappa shape index (κ1) is 30.9. The summed E-state index contributed by atoms with van der Waals surface area (Å²) in [5, 5.41) is -7.61. The molecule has 0 unspecified atom stereocenters. The fourth-order valence-electron chi connectivity index (χ4n) is 3.85. The van der Waals surface area contributed by atoms with E-state index in [4.69, 9.17) is 0 Å². The second kappa shape index (κ2) is 7.87. The molecule has 21 heteroatoms. The van der Waals surface area contributed by atoms with Crippen molar-refractivity contribution in [3.8, 4) is 0 Å². The third-order valence-corrected chi connectivity index (χ3v) is 7.43. The van der Waals surface area contributed by atoms with Crippen LogP contribution in [0.25, 0.3) is 0 Å². The molecule has 2 rings (SSSR count). The summed E-state index contributed by atoms with van der Waals surface area (Å²) in [5.41, 5.74) is -2.20. The third-order valence-electron chi connectivity index (χ3n) is 5.97. The summed E-state index contributed by atoms with van der Waals surface area (Å²) < 4.78 is 253. The van der Waals surface area contributed by atoms with Crippen LogP contribution in [0.5, 0.6) is 0 Å². The van der Waals surface area contributed by atoms with Crippen molar-refractivity contribution >= 4 is 10.1 Å². The quantitative estimate of drug-likeness (QED) is 0.223. The molecule has 2 aliphatic carbocycles. The van der Waals surface area contributed by atoms with Crippen molar-refractivity contribution < 1.29 is 87.2 Å². The predicted molar refractivity (Wildman–Crippen MR) is 80.0 cm³/mol. The van der Waals surface area contributed by atoms with Gasteiger partial charge in [-0.05, 0) is 38.0 Å². The van der Waals surface area contributed by atoms with E-state index in [1.165, 1.54) is 0 Å². The molecule has 0 aromatic rings. The zero-order valence-corrected chi connectivity index (χ0v) is 17.5. The van der Waals surface area contributed by atoms with Crippen molar-refractivity contribution in [2.45, 2.75) is 84.7 Å². The molecule has 3 nitrogen and oxygen atoms in total. The molecule has 0 amide bonds. The number of rotatable bonds is 9. The lowest BCUT2D eigenvalue weighted by molar-refractivity contribution is -0.458. The lowest BCUT2D eigenvalue weighted by atomic mass is 9.91. The van der Waals surface area contributed by atoms with Crippen LogP contribution in [0, 0.1) is 5.92 Å². The van der Waals surface area contributed by atoms with Crippen LogP contribution in [-0.2, 0) is 14.3 Å². The summed E-state index contributed by atoms with van der Waals surface area (Å²) in [6.07, 6.45) is -9.06. The first-order valence-electron chi connectivity index (χ1n) is 9.16. The summed E-state index contributed by atoms with van der Waals surface area (Å²) in [7, 11) is -7.48. The van der Waals surface area contributed by atoms with Gasteiger partial charge in [0, 0.05) is 0 Å². The van der Waals surface area contributed by atoms with Crippen LogP contribution >= 0.6 is 0 Å². The molecule has 2 bridgehead atoms. The molecule has 0 radical (unpaired) electrons. The van der Waals surface area contributed by atoms with Crippen LogP contribution < -0.4 is 0 Å². The second-order valence-corrected chi connectivity index (χ2v) is 9.92. The number of fused-ring (bicyclic) bond motifs is 2. The summed E-state index contributed by atoms with van der Waals surface area (Å²) in [6, 6.07) is 0. The summed E-state index contributed by atoms with van der Waals surface area (Å²) in [4.78, 5) is 0. The Morgan fingerprint density at radius 2 is 0.889 bits per heavy atom. The Morgan fingerprint density at radius 1 is 0.556 bits per heavy atom. The predicted octanol–water partition coefficient (Wildman–Crippen LogP) is 6.63. The standard InChI is InChI=1S/C15H11F17O3S/c16-8(17,10(20,21)12(24,25)14(28,29)30)9(18,19)11(22,23)13(26,27)15(31,32)36(33,34)35-7-3-1-6(5-7)2-4-7/h6H,1-5H2. The molecular formula is C15H11F17O3S. The minimum absolute atomic E-state index is 0.0560. The van der Waals surface area contributed by atoms with Crippen molar-refractivity contribution in [3.05, 3.63) is 0 Å². The van der Waals surface area contributed by atoms with E-state index in [0.29, 0.717) is 0 Å². The summed E-state index contributed by atoms with van der Waals surface area (Å²) in [5.74, 6) is -52.0. The van der Waals surface area contributed by atoms with Crippen LogP contribution in [-0.4, -0.2) is 61.0 Å². The molecule has 0 atom stereocenters. The lowest BCUT2D eigenvalue weighted by Gasteiger charge is -2.42. The molecule has 2 fully saturated rings. The SMILES string of the molecule is O=S(=O)(OC12CCC(CC1)C2)C(F)(F)C(F)(F)C(F)(F)C(F)(F)C(F)(F)C(F)(F)C(F)(F)C(F)(F)F. The topological polar surface area (TPSA) is 43.4 Å². The maximum absolute atomic E-state index is 14.0. The van der Waals surface area contributed by atoms with Gasteiger partial charge in [0.15, 0.2) is 0 Å². The van der Waals surface area contributed by atoms with Gasteiger partial charge in [0.05, 0.1) is 5.60 Å². The number of hydrogen-bond donors (Lipinski definition) is 0. The van der Waals surface area contributed by atoms with Gasteiger partial charge in [-0.1, -0.05) is 0 Å². The van der Waals surface area contributed by atoms with E-state index in [0.717, 1.165) is 0 Å². The average Bonchev–Trinajstić information content (AvgIpc) is 3.25. The molecule has 0 aromatic carbocycles. The molecule has 0 aromatic heterocycles. The minimum Gasteiger partial charge on any atom is -0.259 e. The van der Waals surface area contributed by atoms with Gasteiger partial charge in [-0.25, -0.2) is 0 Å². The van der Waals surface area contributed by atoms with E-state index in [9.17, 15) is 83.1 Å². The molecule has 0 aliphatic heterocycles. The summed E-state index contributed by atoms with van der Waals surface area (Å²) >= 11 is 0. The largest absolute Gasteiger partial charge is 0.460 e. The molecule has 0 saturated heterocycles. The molecule has 2 saturated carbocycles. The van der Waals surface area contributed by atoms with Crippen LogP contribution in [0.1, 0.15) is 32.1 Å². The fourth-order valence-corrected chi connectivity index (χ4v) is 5.09. The van der Waals surface area contributed by atoms with Gasteiger partial charge in [-0.3, -0.25) is 4.18 Å². The number of halogens is 17. The fraction of sp³-hybridized carbons (Fsp3) is 1.00. The van der Waals surface area contributed by atoms with E-state index >= 15 is 0 Å². The van der Waals surface area contributed by atoms with Crippen molar-refractivity contribution in [2.24, 2.45) is 5.92 Å². The first-order valence-corrected chi connectivity index (χ1v) is 10.6. The highest BCUT2D eigenvalue weighted by Crippen LogP contribution is 2.65. The molecule has 0 heterocycles. The Balaban J connectivity index is 2.57. The molecular weight excluding hydrogens is 583 g/mol. The monoisotopic (exact) mass is 594 g/mol. The molecule has 0 N–H and O–H groups in total. The Bertz CT molecular complexity index is 960. The zero-order chi connectivity index (χ0) is 28.8. The second-order valence-electron chi connectivity index (χ2n) is 8.33. The van der Waals surface area contributed by atoms with Crippen molar-refractivity contribution in [1.82, 2.24) is 0 Å². The molecule has 0 spiro atoms. The van der Waals surface area contributed by atoms with Crippen LogP contribution in [0.4, 0.5) is 74.6 Å². The Kier molecular flexibility index (Phi) is 6.77. The minimum atomic E-state index is -8.84.